The summed E-state index contributed by atoms with van der Waals surface area (Å²) in [6.07, 6.45) is 0.0889. The average Bonchev–Trinajstić information content (AvgIpc) is 2.75. The van der Waals surface area contributed by atoms with Gasteiger partial charge in [0.05, 0.1) is 7.11 Å². The quantitative estimate of drug-likeness (QED) is 0.477. The maximum Gasteiger partial charge on any atom is 0.408 e. The Morgan fingerprint density at radius 3 is 2.52 bits per heavy atom. The number of carbonyl (C=O) groups is 3. The van der Waals surface area contributed by atoms with Gasteiger partial charge in [-0.2, -0.15) is 0 Å². The summed E-state index contributed by atoms with van der Waals surface area (Å²) in [5, 5.41) is 5.24. The number of alkyl carbamates (subject to hydrolysis) is 1. The first-order valence-electron chi connectivity index (χ1n) is 9.04. The molecule has 1 atom stereocenters. The number of carbonyl (C=O) groups excluding carboxylic acids is 3. The summed E-state index contributed by atoms with van der Waals surface area (Å²) in [7, 11) is 1.23. The molecule has 0 fully saturated rings. The van der Waals surface area contributed by atoms with Gasteiger partial charge in [0.25, 0.3) is 0 Å². The number of nitrogens with one attached hydrogen (secondary N) is 2. The Hall–Kier alpha value is -3.06. The number of anilines is 1. The van der Waals surface area contributed by atoms with Crippen LogP contribution in [0.1, 0.15) is 30.0 Å². The summed E-state index contributed by atoms with van der Waals surface area (Å²) in [6.45, 7) is 0.0667. The van der Waals surface area contributed by atoms with Crippen molar-refractivity contribution < 1.29 is 23.9 Å². The zero-order valence-corrected chi connectivity index (χ0v) is 16.8. The van der Waals surface area contributed by atoms with Crippen LogP contribution in [0.5, 0.6) is 0 Å². The summed E-state index contributed by atoms with van der Waals surface area (Å²) < 4.78 is 9.97. The van der Waals surface area contributed by atoms with Gasteiger partial charge in [0.2, 0.25) is 5.91 Å². The lowest BCUT2D eigenvalue weighted by molar-refractivity contribution is -0.143. The molecule has 0 aliphatic carbocycles. The van der Waals surface area contributed by atoms with Crippen molar-refractivity contribution in [3.05, 3.63) is 65.7 Å². The highest BCUT2D eigenvalue weighted by molar-refractivity contribution is 6.18. The smallest absolute Gasteiger partial charge is 0.408 e. The van der Waals surface area contributed by atoms with Crippen molar-refractivity contribution >= 4 is 35.3 Å². The van der Waals surface area contributed by atoms with E-state index in [0.29, 0.717) is 23.6 Å². The van der Waals surface area contributed by atoms with E-state index in [4.69, 9.17) is 21.1 Å². The lowest BCUT2D eigenvalue weighted by Gasteiger charge is -2.18. The SMILES string of the molecule is COC(=O)[C@@H](NC(=O)OCc1ccccc1)c1cccc(NC(=O)CCCCl)c1. The molecule has 29 heavy (non-hydrogen) atoms. The normalized spacial score (nSPS) is 11.2. The summed E-state index contributed by atoms with van der Waals surface area (Å²) in [5.74, 6) is -0.452. The highest BCUT2D eigenvalue weighted by atomic mass is 35.5. The number of ether oxygens (including phenoxy) is 2. The van der Waals surface area contributed by atoms with Crippen molar-refractivity contribution in [1.82, 2.24) is 5.32 Å². The van der Waals surface area contributed by atoms with Gasteiger partial charge in [-0.25, -0.2) is 9.59 Å². The molecule has 0 saturated heterocycles. The molecular formula is C21H23ClN2O5. The minimum Gasteiger partial charge on any atom is -0.467 e. The molecule has 0 spiro atoms. The molecule has 0 heterocycles. The number of benzene rings is 2. The Morgan fingerprint density at radius 2 is 1.83 bits per heavy atom. The number of hydrogen-bond donors (Lipinski definition) is 2. The fourth-order valence-electron chi connectivity index (χ4n) is 2.53. The minimum atomic E-state index is -1.08. The van der Waals surface area contributed by atoms with Gasteiger partial charge in [0.1, 0.15) is 6.61 Å². The Kier molecular flexibility index (Phi) is 8.98. The number of rotatable bonds is 9. The second-order valence-electron chi connectivity index (χ2n) is 6.13. The minimum absolute atomic E-state index is 0.0667. The summed E-state index contributed by atoms with van der Waals surface area (Å²) in [4.78, 5) is 36.3. The summed E-state index contributed by atoms with van der Waals surface area (Å²) in [6, 6.07) is 14.7. The van der Waals surface area contributed by atoms with E-state index in [2.05, 4.69) is 10.6 Å². The molecule has 8 heteroatoms. The van der Waals surface area contributed by atoms with E-state index in [9.17, 15) is 14.4 Å². The fourth-order valence-corrected chi connectivity index (χ4v) is 2.66. The summed E-state index contributed by atoms with van der Waals surface area (Å²) in [5.41, 5.74) is 1.76. The van der Waals surface area contributed by atoms with E-state index in [1.165, 1.54) is 7.11 Å². The van der Waals surface area contributed by atoms with Crippen LogP contribution in [0, 0.1) is 0 Å². The number of esters is 1. The van der Waals surface area contributed by atoms with E-state index in [0.717, 1.165) is 5.56 Å². The van der Waals surface area contributed by atoms with Crippen LogP contribution in [0.2, 0.25) is 0 Å². The van der Waals surface area contributed by atoms with Gasteiger partial charge < -0.3 is 20.1 Å². The van der Waals surface area contributed by atoms with Crippen molar-refractivity contribution in [2.24, 2.45) is 0 Å². The fraction of sp³-hybridized carbons (Fsp3) is 0.286. The second-order valence-corrected chi connectivity index (χ2v) is 6.51. The molecule has 2 rings (SSSR count). The van der Waals surface area contributed by atoms with Gasteiger partial charge in [0, 0.05) is 18.0 Å². The molecule has 2 N–H and O–H groups in total. The van der Waals surface area contributed by atoms with Crippen molar-refractivity contribution in [2.45, 2.75) is 25.5 Å². The number of alkyl halides is 1. The largest absolute Gasteiger partial charge is 0.467 e. The number of halogens is 1. The van der Waals surface area contributed by atoms with Crippen molar-refractivity contribution in [3.8, 4) is 0 Å². The molecule has 7 nitrogen and oxygen atoms in total. The van der Waals surface area contributed by atoms with Crippen LogP contribution in [0.15, 0.2) is 54.6 Å². The van der Waals surface area contributed by atoms with Crippen molar-refractivity contribution in [3.63, 3.8) is 0 Å². The second kappa shape index (κ2) is 11.7. The van der Waals surface area contributed by atoms with Crippen molar-refractivity contribution in [1.29, 1.82) is 0 Å². The van der Waals surface area contributed by atoms with Crippen LogP contribution in [0.3, 0.4) is 0 Å². The van der Waals surface area contributed by atoms with Crippen LogP contribution >= 0.6 is 11.6 Å². The molecule has 0 radical (unpaired) electrons. The standard InChI is InChI=1S/C21H23ClN2O5/c1-28-20(26)19(24-21(27)29-14-15-7-3-2-4-8-15)16-9-5-10-17(13-16)23-18(25)11-6-12-22/h2-5,7-10,13,19H,6,11-12,14H2,1H3,(H,23,25)(H,24,27)/t19-/m0/s1. The number of amides is 2. The predicted octanol–water partition coefficient (Wildman–Crippen LogP) is 3.78. The van der Waals surface area contributed by atoms with Crippen LogP contribution < -0.4 is 10.6 Å². The zero-order valence-electron chi connectivity index (χ0n) is 16.0. The number of hydrogen-bond acceptors (Lipinski definition) is 5. The third kappa shape index (κ3) is 7.46. The van der Waals surface area contributed by atoms with Crippen LogP contribution in [0.4, 0.5) is 10.5 Å². The molecule has 0 aliphatic rings. The predicted molar refractivity (Wildman–Crippen MR) is 110 cm³/mol. The highest BCUT2D eigenvalue weighted by Gasteiger charge is 2.24. The van der Waals surface area contributed by atoms with Gasteiger partial charge in [-0.1, -0.05) is 42.5 Å². The van der Waals surface area contributed by atoms with Crippen LogP contribution in [-0.4, -0.2) is 31.0 Å². The zero-order chi connectivity index (χ0) is 21.1. The molecule has 0 saturated carbocycles. The molecule has 2 aromatic rings. The Morgan fingerprint density at radius 1 is 1.07 bits per heavy atom. The Labute approximate surface area is 174 Å². The van der Waals surface area contributed by atoms with Gasteiger partial charge in [-0.3, -0.25) is 4.79 Å². The maximum atomic E-state index is 12.2. The van der Waals surface area contributed by atoms with Gasteiger partial charge in [-0.05, 0) is 29.7 Å². The average molecular weight is 419 g/mol. The lowest BCUT2D eigenvalue weighted by atomic mass is 10.1. The first kappa shape index (κ1) is 22.2. The first-order chi connectivity index (χ1) is 14.0. The molecular weight excluding hydrogens is 396 g/mol. The monoisotopic (exact) mass is 418 g/mol. The van der Waals surface area contributed by atoms with E-state index in [1.807, 2.05) is 30.3 Å². The van der Waals surface area contributed by atoms with Gasteiger partial charge in [-0.15, -0.1) is 11.6 Å². The van der Waals surface area contributed by atoms with Gasteiger partial charge >= 0.3 is 12.1 Å². The van der Waals surface area contributed by atoms with E-state index >= 15 is 0 Å². The van der Waals surface area contributed by atoms with Crippen molar-refractivity contribution in [2.75, 3.05) is 18.3 Å². The lowest BCUT2D eigenvalue weighted by Crippen LogP contribution is -2.35. The topological polar surface area (TPSA) is 93.7 Å². The molecule has 0 bridgehead atoms. The van der Waals surface area contributed by atoms with E-state index < -0.39 is 18.1 Å². The number of methoxy groups -OCH3 is 1. The van der Waals surface area contributed by atoms with E-state index in [-0.39, 0.29) is 18.9 Å². The highest BCUT2D eigenvalue weighted by Crippen LogP contribution is 2.20. The first-order valence-corrected chi connectivity index (χ1v) is 9.57. The Balaban J connectivity index is 2.05. The third-order valence-electron chi connectivity index (χ3n) is 3.95. The molecule has 2 amide bonds. The van der Waals surface area contributed by atoms with Gasteiger partial charge in [0.15, 0.2) is 6.04 Å². The molecule has 0 unspecified atom stereocenters. The molecule has 0 aromatic heterocycles. The van der Waals surface area contributed by atoms with Crippen LogP contribution in [0.25, 0.3) is 0 Å². The third-order valence-corrected chi connectivity index (χ3v) is 4.22. The molecule has 0 aliphatic heterocycles. The Bertz CT molecular complexity index is 829. The molecule has 2 aromatic carbocycles. The van der Waals surface area contributed by atoms with Crippen LogP contribution in [-0.2, 0) is 25.7 Å². The maximum absolute atomic E-state index is 12.2. The summed E-state index contributed by atoms with van der Waals surface area (Å²) >= 11 is 5.60. The van der Waals surface area contributed by atoms with E-state index in [1.54, 1.807) is 24.3 Å². The molecule has 154 valence electrons.